The second kappa shape index (κ2) is 22.5. The zero-order chi connectivity index (χ0) is 51.0. The smallest absolute Gasteiger partial charge is 0.334 e. The van der Waals surface area contributed by atoms with Crippen molar-refractivity contribution in [1.29, 1.82) is 0 Å². The maximum Gasteiger partial charge on any atom is 0.334 e. The summed E-state index contributed by atoms with van der Waals surface area (Å²) in [4.78, 5) is 93.6. The quantitative estimate of drug-likeness (QED) is 0.0480. The zero-order valence-corrected chi connectivity index (χ0v) is 40.7. The number of nitrogens with one attached hydrogen (secondary N) is 4. The fourth-order valence-corrected chi connectivity index (χ4v) is 9.46. The first-order valence-electron chi connectivity index (χ1n) is 23.5. The molecule has 10 N–H and O–H groups in total. The van der Waals surface area contributed by atoms with E-state index in [2.05, 4.69) is 27.2 Å². The highest BCUT2D eigenvalue weighted by Gasteiger charge is 2.53. The molecule has 3 aromatic rings. The number of H-pyrrole nitrogens is 2. The van der Waals surface area contributed by atoms with E-state index in [1.54, 1.807) is 18.2 Å². The number of ether oxygens (including phenoxy) is 2. The Morgan fingerprint density at radius 1 is 0.743 bits per heavy atom. The van der Waals surface area contributed by atoms with Crippen molar-refractivity contribution in [1.82, 2.24) is 30.6 Å². The Morgan fingerprint density at radius 3 is 1.79 bits per heavy atom. The average molecular weight is 961 g/mol. The number of amides is 2. The van der Waals surface area contributed by atoms with Gasteiger partial charge in [0.25, 0.3) is 0 Å². The fraction of sp³-hybridized carbons (Fsp3) is 0.423. The van der Waals surface area contributed by atoms with E-state index in [-0.39, 0.29) is 30.2 Å². The van der Waals surface area contributed by atoms with Crippen LogP contribution in [0.15, 0.2) is 54.6 Å². The maximum absolute atomic E-state index is 13.9. The van der Waals surface area contributed by atoms with Crippen LogP contribution in [0.4, 0.5) is 0 Å². The molecule has 6 rings (SSSR count). The number of nitrogens with two attached hydrogens (primary N) is 2. The number of allylic oxidation sites excluding steroid dienone is 6. The van der Waals surface area contributed by atoms with Crippen molar-refractivity contribution >= 4 is 74.5 Å². The number of methoxy groups -OCH3 is 2. The van der Waals surface area contributed by atoms with Gasteiger partial charge in [0.1, 0.15) is 18.0 Å². The van der Waals surface area contributed by atoms with Crippen LogP contribution in [0.3, 0.4) is 0 Å². The van der Waals surface area contributed by atoms with Crippen LogP contribution in [0.25, 0.3) is 38.8 Å². The topological polar surface area (TPSA) is 295 Å². The van der Waals surface area contributed by atoms with Crippen LogP contribution in [-0.4, -0.2) is 105 Å². The summed E-state index contributed by atoms with van der Waals surface area (Å²) in [7, 11) is 2.52. The summed E-state index contributed by atoms with van der Waals surface area (Å²) < 4.78 is 10.5. The fourth-order valence-electron chi connectivity index (χ4n) is 9.46. The molecule has 0 saturated carbocycles. The number of aryl methyl sites for hydroxylation is 4. The third kappa shape index (κ3) is 11.1. The van der Waals surface area contributed by atoms with Crippen molar-refractivity contribution in [2.24, 2.45) is 17.4 Å². The molecule has 5 heterocycles. The molecular formula is C52H64N8O10. The highest BCUT2D eigenvalue weighted by atomic mass is 16.5. The molecule has 0 radical (unpaired) electrons. The minimum Gasteiger partial charge on any atom is -0.480 e. The monoisotopic (exact) mass is 960 g/mol. The number of rotatable bonds is 21. The third-order valence-corrected chi connectivity index (χ3v) is 13.7. The lowest BCUT2D eigenvalue weighted by Crippen LogP contribution is -2.42. The highest BCUT2D eigenvalue weighted by Crippen LogP contribution is 2.52. The molecule has 2 aliphatic heterocycles. The van der Waals surface area contributed by atoms with Gasteiger partial charge in [0.05, 0.1) is 48.0 Å². The Bertz CT molecular complexity index is 2870. The van der Waals surface area contributed by atoms with Crippen molar-refractivity contribution in [2.45, 2.75) is 109 Å². The van der Waals surface area contributed by atoms with Gasteiger partial charge in [-0.2, -0.15) is 0 Å². The van der Waals surface area contributed by atoms with Crippen LogP contribution >= 0.6 is 0 Å². The Labute approximate surface area is 406 Å². The summed E-state index contributed by atoms with van der Waals surface area (Å²) in [6, 6.07) is 5.73. The van der Waals surface area contributed by atoms with Gasteiger partial charge in [-0.1, -0.05) is 24.8 Å². The number of hydrogen-bond acceptors (Lipinski definition) is 12. The van der Waals surface area contributed by atoms with E-state index in [0.29, 0.717) is 104 Å². The minimum absolute atomic E-state index is 0.107. The second-order valence-corrected chi connectivity index (χ2v) is 18.1. The van der Waals surface area contributed by atoms with Crippen LogP contribution in [0.1, 0.15) is 110 Å². The van der Waals surface area contributed by atoms with E-state index in [0.717, 1.165) is 44.4 Å². The lowest BCUT2D eigenvalue weighted by Gasteiger charge is -2.36. The van der Waals surface area contributed by atoms with E-state index < -0.39 is 47.3 Å². The molecule has 8 bridgehead atoms. The number of aromatic amines is 2. The van der Waals surface area contributed by atoms with Gasteiger partial charge in [-0.3, -0.25) is 29.0 Å². The summed E-state index contributed by atoms with van der Waals surface area (Å²) >= 11 is 0. The molecule has 372 valence electrons. The number of aliphatic carboxylic acids is 2. The summed E-state index contributed by atoms with van der Waals surface area (Å²) in [5.41, 5.74) is 20.9. The molecule has 0 aromatic carbocycles. The SMILES string of the molecule is C=CC1=C(C)c2cc3nc(cc4[nH]c(cc5[nH]c(cc1n2)c(C)c5CCC(=O)NCCCCC(N)C(=O)O)c(CCC(=O)NCCCCC(N)C(=O)O)c4C)[C@@]1(C)C3=CC=C(C(=O)OC)[C@H]1C(=O)OC. The van der Waals surface area contributed by atoms with Crippen LogP contribution < -0.4 is 22.1 Å². The molecule has 1 aliphatic carbocycles. The third-order valence-electron chi connectivity index (χ3n) is 13.7. The number of nitrogens with zero attached hydrogens (tertiary/aromatic N) is 2. The van der Waals surface area contributed by atoms with E-state index >= 15 is 0 Å². The Morgan fingerprint density at radius 2 is 1.29 bits per heavy atom. The predicted molar refractivity (Wildman–Crippen MR) is 266 cm³/mol. The molecular weight excluding hydrogens is 897 g/mol. The van der Waals surface area contributed by atoms with Gasteiger partial charge in [0.2, 0.25) is 11.8 Å². The first-order valence-corrected chi connectivity index (χ1v) is 23.5. The molecule has 0 saturated heterocycles. The first kappa shape index (κ1) is 52.2. The van der Waals surface area contributed by atoms with Gasteiger partial charge < -0.3 is 51.8 Å². The van der Waals surface area contributed by atoms with E-state index in [9.17, 15) is 28.8 Å². The second-order valence-electron chi connectivity index (χ2n) is 18.1. The van der Waals surface area contributed by atoms with Crippen molar-refractivity contribution in [3.8, 4) is 0 Å². The Kier molecular flexibility index (Phi) is 16.8. The molecule has 18 heteroatoms. The predicted octanol–water partition coefficient (Wildman–Crippen LogP) is 5.55. The summed E-state index contributed by atoms with van der Waals surface area (Å²) in [5.74, 6) is -4.97. The molecule has 18 nitrogen and oxygen atoms in total. The zero-order valence-electron chi connectivity index (χ0n) is 40.7. The molecule has 0 spiro atoms. The molecule has 2 amide bonds. The molecule has 3 aliphatic rings. The lowest BCUT2D eigenvalue weighted by atomic mass is 9.64. The standard InChI is InChI=1S/C52H64N8O10/c1-8-30-27(2)38-24-43-34-18-15-33(50(67)69-6)47(51(68)70-7)52(34,5)44(60-43)26-39-29(4)32(17-20-46(62)56-22-12-10-14-36(54)49(65)66)42(59-39)25-41-31(28(3)37(58-41)23-40(30)57-38)16-19-45(61)55-21-11-9-13-35(53)48(63)64/h8,15,18,23-26,35-36,47,58-59H,1,9-14,16-17,19-22,53-54H2,2-7H3,(H,55,61)(H,56,62)(H,63,64)(H,65,66)/t35?,36?,47-,52+/m0/s1. The number of hydrogen-bond donors (Lipinski definition) is 8. The molecule has 4 atom stereocenters. The number of esters is 2. The summed E-state index contributed by atoms with van der Waals surface area (Å²) in [5, 5.41) is 24.1. The van der Waals surface area contributed by atoms with Crippen molar-refractivity contribution in [3.05, 3.63) is 99.7 Å². The maximum atomic E-state index is 13.9. The highest BCUT2D eigenvalue weighted by molar-refractivity contribution is 6.02. The average Bonchev–Trinajstić information content (AvgIpc) is 3.99. The van der Waals surface area contributed by atoms with Gasteiger partial charge in [-0.05, 0) is 137 Å². The molecule has 70 heavy (non-hydrogen) atoms. The number of fused-ring (bicyclic) bond motifs is 11. The van der Waals surface area contributed by atoms with Gasteiger partial charge in [0, 0.05) is 53.6 Å². The van der Waals surface area contributed by atoms with Gasteiger partial charge in [-0.25, -0.2) is 9.78 Å². The van der Waals surface area contributed by atoms with Crippen LogP contribution in [0, 0.1) is 19.8 Å². The van der Waals surface area contributed by atoms with Crippen molar-refractivity contribution < 1.29 is 48.5 Å². The molecule has 2 unspecified atom stereocenters. The van der Waals surface area contributed by atoms with Crippen LogP contribution in [-0.2, 0) is 56.5 Å². The normalized spacial score (nSPS) is 17.1. The van der Waals surface area contributed by atoms with Gasteiger partial charge >= 0.3 is 23.9 Å². The van der Waals surface area contributed by atoms with Crippen molar-refractivity contribution in [3.63, 3.8) is 0 Å². The number of carboxylic acids is 2. The first-order chi connectivity index (χ1) is 33.3. The number of carboxylic acid groups (broad SMARTS) is 2. The van der Waals surface area contributed by atoms with Gasteiger partial charge in [-0.15, -0.1) is 0 Å². The lowest BCUT2D eigenvalue weighted by molar-refractivity contribution is -0.149. The van der Waals surface area contributed by atoms with E-state index in [4.69, 9.17) is 41.1 Å². The number of carbonyl (C=O) groups is 6. The largest absolute Gasteiger partial charge is 0.480 e. The Balaban J connectivity index is 1.51. The Hall–Kier alpha value is -7.18. The molecule has 3 aromatic heterocycles. The van der Waals surface area contributed by atoms with Crippen molar-refractivity contribution in [2.75, 3.05) is 27.3 Å². The number of carbonyl (C=O) groups excluding carboxylic acids is 4. The number of aromatic nitrogens is 4. The summed E-state index contributed by atoms with van der Waals surface area (Å²) in [6.45, 7) is 12.6. The van der Waals surface area contributed by atoms with Crippen LogP contribution in [0.2, 0.25) is 0 Å². The molecule has 0 fully saturated rings. The minimum atomic E-state index is -1.23. The number of unbranched alkanes of at least 4 members (excludes halogenated alkanes) is 2. The van der Waals surface area contributed by atoms with Crippen LogP contribution in [0.5, 0.6) is 0 Å². The van der Waals surface area contributed by atoms with Gasteiger partial charge in [0.15, 0.2) is 0 Å². The summed E-state index contributed by atoms with van der Waals surface area (Å²) in [6.07, 6.45) is 8.88. The van der Waals surface area contributed by atoms with E-state index in [1.165, 1.54) is 14.2 Å². The van der Waals surface area contributed by atoms with E-state index in [1.807, 2.05) is 52.0 Å².